The molecule has 1 aliphatic rings. The summed E-state index contributed by atoms with van der Waals surface area (Å²) in [6.07, 6.45) is 3.93. The summed E-state index contributed by atoms with van der Waals surface area (Å²) < 4.78 is 8.83. The molecule has 0 atom stereocenters. The third-order valence-electron chi connectivity index (χ3n) is 3.64. The van der Waals surface area contributed by atoms with E-state index in [0.717, 1.165) is 24.1 Å². The normalized spacial score (nSPS) is 14.4. The second-order valence-electron chi connectivity index (χ2n) is 5.35. The van der Waals surface area contributed by atoms with Gasteiger partial charge in [0.2, 0.25) is 0 Å². The number of esters is 1. The number of carbonyl (C=O) groups excluding carboxylic acids is 1. The first-order valence-corrected chi connectivity index (χ1v) is 7.17. The Kier molecular flexibility index (Phi) is 3.41. The molecule has 0 aliphatic heterocycles. The highest BCUT2D eigenvalue weighted by Gasteiger charge is 2.28. The molecule has 0 unspecified atom stereocenters. The van der Waals surface area contributed by atoms with Gasteiger partial charge in [0.1, 0.15) is 17.5 Å². The molecule has 3 rings (SSSR count). The molecule has 2 aromatic rings. The van der Waals surface area contributed by atoms with Gasteiger partial charge in [0.25, 0.3) is 0 Å². The van der Waals surface area contributed by atoms with E-state index in [1.165, 1.54) is 0 Å². The fraction of sp³-hybridized carbons (Fsp3) is 0.429. The molecule has 6 nitrogen and oxygen atoms in total. The molecule has 0 aromatic carbocycles. The number of carbonyl (C=O) groups is 1. The second-order valence-corrected chi connectivity index (χ2v) is 5.71. The zero-order valence-corrected chi connectivity index (χ0v) is 12.7. The molecule has 0 saturated heterocycles. The van der Waals surface area contributed by atoms with E-state index in [1.54, 1.807) is 24.0 Å². The van der Waals surface area contributed by atoms with E-state index in [9.17, 15) is 4.79 Å². The van der Waals surface area contributed by atoms with Crippen LogP contribution in [-0.2, 0) is 18.4 Å². The van der Waals surface area contributed by atoms with Gasteiger partial charge in [-0.2, -0.15) is 5.10 Å². The third kappa shape index (κ3) is 2.63. The van der Waals surface area contributed by atoms with Crippen LogP contribution in [0, 0.1) is 6.92 Å². The summed E-state index contributed by atoms with van der Waals surface area (Å²) in [5, 5.41) is 4.67. The molecule has 7 heteroatoms. The minimum absolute atomic E-state index is 0.104. The van der Waals surface area contributed by atoms with E-state index >= 15 is 0 Å². The molecular formula is C14H17ClN4O2. The summed E-state index contributed by atoms with van der Waals surface area (Å²) in [6, 6.07) is 2.02. The fourth-order valence-electron chi connectivity index (χ4n) is 2.37. The van der Waals surface area contributed by atoms with E-state index in [0.29, 0.717) is 22.6 Å². The second kappa shape index (κ2) is 5.11. The number of anilines is 1. The predicted octanol–water partition coefficient (Wildman–Crippen LogP) is 2.46. The first-order valence-electron chi connectivity index (χ1n) is 6.80. The number of halogens is 1. The highest BCUT2D eigenvalue weighted by molar-refractivity contribution is 6.30. The quantitative estimate of drug-likeness (QED) is 0.880. The van der Waals surface area contributed by atoms with Crippen LogP contribution in [0.25, 0.3) is 0 Å². The van der Waals surface area contributed by atoms with Crippen LogP contribution in [0.2, 0.25) is 5.15 Å². The van der Waals surface area contributed by atoms with Gasteiger partial charge in [-0.1, -0.05) is 11.6 Å². The summed E-state index contributed by atoms with van der Waals surface area (Å²) in [5.41, 5.74) is 8.33. The molecule has 0 bridgehead atoms. The number of ether oxygens (including phenoxy) is 1. The average molecular weight is 309 g/mol. The lowest BCUT2D eigenvalue weighted by Crippen LogP contribution is -2.11. The van der Waals surface area contributed by atoms with E-state index in [2.05, 4.69) is 5.10 Å². The highest BCUT2D eigenvalue weighted by atomic mass is 35.5. The number of rotatable bonds is 4. The molecule has 0 spiro atoms. The zero-order valence-electron chi connectivity index (χ0n) is 12.0. The third-order valence-corrected chi connectivity index (χ3v) is 4.11. The monoisotopic (exact) mass is 308 g/mol. The van der Waals surface area contributed by atoms with Crippen LogP contribution < -0.4 is 5.73 Å². The zero-order chi connectivity index (χ0) is 15.1. The highest BCUT2D eigenvalue weighted by Crippen LogP contribution is 2.37. The van der Waals surface area contributed by atoms with E-state index < -0.39 is 5.97 Å². The van der Waals surface area contributed by atoms with Crippen LogP contribution in [0.5, 0.6) is 0 Å². The number of nitrogens with zero attached hydrogens (tertiary/aromatic N) is 3. The van der Waals surface area contributed by atoms with Gasteiger partial charge in [-0.25, -0.2) is 4.79 Å². The van der Waals surface area contributed by atoms with Gasteiger partial charge in [-0.15, -0.1) is 0 Å². The molecule has 112 valence electrons. The number of aryl methyl sites for hydroxylation is 2. The van der Waals surface area contributed by atoms with Crippen LogP contribution >= 0.6 is 11.6 Å². The largest absolute Gasteiger partial charge is 0.456 e. The van der Waals surface area contributed by atoms with Gasteiger partial charge in [-0.3, -0.25) is 4.68 Å². The van der Waals surface area contributed by atoms with Crippen molar-refractivity contribution in [3.63, 3.8) is 0 Å². The van der Waals surface area contributed by atoms with Crippen molar-refractivity contribution >= 4 is 23.3 Å². The van der Waals surface area contributed by atoms with Crippen molar-refractivity contribution in [2.45, 2.75) is 32.4 Å². The van der Waals surface area contributed by atoms with Crippen molar-refractivity contribution in [2.75, 3.05) is 5.73 Å². The smallest absolute Gasteiger partial charge is 0.355 e. The van der Waals surface area contributed by atoms with Crippen LogP contribution in [0.3, 0.4) is 0 Å². The van der Waals surface area contributed by atoms with Crippen molar-refractivity contribution in [2.24, 2.45) is 7.05 Å². The number of aromatic nitrogens is 3. The Morgan fingerprint density at radius 3 is 2.86 bits per heavy atom. The van der Waals surface area contributed by atoms with E-state index in [4.69, 9.17) is 22.1 Å². The summed E-state index contributed by atoms with van der Waals surface area (Å²) in [5.74, 6) is -0.391. The summed E-state index contributed by atoms with van der Waals surface area (Å²) >= 11 is 6.12. The van der Waals surface area contributed by atoms with Crippen LogP contribution in [0.15, 0.2) is 12.3 Å². The molecule has 1 aliphatic carbocycles. The van der Waals surface area contributed by atoms with Crippen LogP contribution in [0.4, 0.5) is 5.69 Å². The Labute approximate surface area is 127 Å². The predicted molar refractivity (Wildman–Crippen MR) is 79.2 cm³/mol. The molecule has 1 fully saturated rings. The SMILES string of the molecule is Cc1nn(C)c(Cl)c1COC(=O)c1cc(N)cn1C1CC1. The van der Waals surface area contributed by atoms with Crippen molar-refractivity contribution in [1.29, 1.82) is 0 Å². The maximum absolute atomic E-state index is 12.2. The lowest BCUT2D eigenvalue weighted by atomic mass is 10.3. The molecule has 2 N–H and O–H groups in total. The van der Waals surface area contributed by atoms with Gasteiger partial charge in [0.05, 0.1) is 11.4 Å². The average Bonchev–Trinajstić information content (AvgIpc) is 3.15. The first kappa shape index (κ1) is 14.0. The van der Waals surface area contributed by atoms with Crippen molar-refractivity contribution < 1.29 is 9.53 Å². The van der Waals surface area contributed by atoms with Gasteiger partial charge >= 0.3 is 5.97 Å². The Hall–Kier alpha value is -1.95. The fourth-order valence-corrected chi connectivity index (χ4v) is 2.60. The summed E-state index contributed by atoms with van der Waals surface area (Å²) in [4.78, 5) is 12.2. The van der Waals surface area contributed by atoms with E-state index in [1.807, 2.05) is 11.5 Å². The molecule has 1 saturated carbocycles. The molecule has 0 amide bonds. The number of nitrogen functional groups attached to an aromatic ring is 1. The first-order chi connectivity index (χ1) is 9.97. The van der Waals surface area contributed by atoms with Crippen LogP contribution in [-0.4, -0.2) is 20.3 Å². The summed E-state index contributed by atoms with van der Waals surface area (Å²) in [7, 11) is 1.75. The Balaban J connectivity index is 1.75. The van der Waals surface area contributed by atoms with Crippen molar-refractivity contribution in [3.05, 3.63) is 34.4 Å². The standard InChI is InChI=1S/C14H17ClN4O2/c1-8-11(13(15)18(2)17-8)7-21-14(20)12-5-9(16)6-19(12)10-3-4-10/h5-6,10H,3-4,7,16H2,1-2H3. The molecule has 2 heterocycles. The van der Waals surface area contributed by atoms with Gasteiger partial charge in [-0.05, 0) is 25.8 Å². The van der Waals surface area contributed by atoms with E-state index in [-0.39, 0.29) is 6.61 Å². The van der Waals surface area contributed by atoms with Crippen molar-refractivity contribution in [1.82, 2.24) is 14.3 Å². The molecule has 0 radical (unpaired) electrons. The molecule has 2 aromatic heterocycles. The van der Waals surface area contributed by atoms with Gasteiger partial charge < -0.3 is 15.0 Å². The molecular weight excluding hydrogens is 292 g/mol. The maximum Gasteiger partial charge on any atom is 0.355 e. The number of nitrogens with two attached hydrogens (primary N) is 1. The number of hydrogen-bond donors (Lipinski definition) is 1. The number of hydrogen-bond acceptors (Lipinski definition) is 4. The summed E-state index contributed by atoms with van der Waals surface area (Å²) in [6.45, 7) is 1.94. The topological polar surface area (TPSA) is 75.1 Å². The Bertz CT molecular complexity index is 700. The Morgan fingerprint density at radius 2 is 2.29 bits per heavy atom. The van der Waals surface area contributed by atoms with Crippen molar-refractivity contribution in [3.8, 4) is 0 Å². The molecule has 21 heavy (non-hydrogen) atoms. The van der Waals surface area contributed by atoms with Gasteiger partial charge in [0.15, 0.2) is 0 Å². The van der Waals surface area contributed by atoms with Crippen LogP contribution in [0.1, 0.15) is 40.6 Å². The van der Waals surface area contributed by atoms with Gasteiger partial charge in [0, 0.05) is 24.8 Å². The lowest BCUT2D eigenvalue weighted by molar-refractivity contribution is 0.0459. The maximum atomic E-state index is 12.2. The minimum Gasteiger partial charge on any atom is -0.456 e. The Morgan fingerprint density at radius 1 is 1.57 bits per heavy atom. The lowest BCUT2D eigenvalue weighted by Gasteiger charge is -2.08. The minimum atomic E-state index is -0.391.